The monoisotopic (exact) mass is 265 g/mol. The Labute approximate surface area is 112 Å². The minimum Gasteiger partial charge on any atom is -0.394 e. The molecule has 2 atom stereocenters. The number of carbonyl (C=O) groups is 1. The van der Waals surface area contributed by atoms with Gasteiger partial charge in [-0.25, -0.2) is 4.39 Å². The maximum absolute atomic E-state index is 13.2. The lowest BCUT2D eigenvalue weighted by atomic mass is 9.94. The molecule has 3 nitrogen and oxygen atoms in total. The molecule has 4 heteroatoms. The third-order valence-electron chi connectivity index (χ3n) is 3.96. The van der Waals surface area contributed by atoms with Gasteiger partial charge in [0, 0.05) is 0 Å². The minimum atomic E-state index is -0.557. The Morgan fingerprint density at radius 3 is 2.79 bits per heavy atom. The Kier molecular flexibility index (Phi) is 3.90. The lowest BCUT2D eigenvalue weighted by Crippen LogP contribution is -2.51. The largest absolute Gasteiger partial charge is 0.394 e. The number of hydrogen-bond acceptors (Lipinski definition) is 2. The van der Waals surface area contributed by atoms with Crippen LogP contribution in [0.3, 0.4) is 0 Å². The molecule has 1 saturated carbocycles. The fourth-order valence-corrected chi connectivity index (χ4v) is 2.31. The first-order valence-electron chi connectivity index (χ1n) is 6.64. The molecule has 0 aromatic heterocycles. The van der Waals surface area contributed by atoms with Crippen LogP contribution in [-0.2, 0) is 4.79 Å². The summed E-state index contributed by atoms with van der Waals surface area (Å²) in [5, 5.41) is 12.4. The average molecular weight is 265 g/mol. The maximum Gasteiger partial charge on any atom is 0.227 e. The molecule has 1 aromatic carbocycles. The van der Waals surface area contributed by atoms with Gasteiger partial charge in [-0.1, -0.05) is 12.1 Å². The summed E-state index contributed by atoms with van der Waals surface area (Å²) in [7, 11) is 0. The fraction of sp³-hybridized carbons (Fsp3) is 0.533. The molecule has 1 aliphatic carbocycles. The summed E-state index contributed by atoms with van der Waals surface area (Å²) in [6.07, 6.45) is 2.07. The maximum atomic E-state index is 13.2. The van der Waals surface area contributed by atoms with Crippen LogP contribution in [0.1, 0.15) is 38.2 Å². The van der Waals surface area contributed by atoms with Gasteiger partial charge in [0.2, 0.25) is 5.91 Å². The second-order valence-electron chi connectivity index (χ2n) is 5.62. The number of halogens is 1. The van der Waals surface area contributed by atoms with Crippen molar-refractivity contribution in [3.05, 3.63) is 35.6 Å². The highest BCUT2D eigenvalue weighted by Gasteiger charge is 2.42. The zero-order valence-corrected chi connectivity index (χ0v) is 11.3. The van der Waals surface area contributed by atoms with Crippen LogP contribution in [0.2, 0.25) is 0 Å². The zero-order valence-electron chi connectivity index (χ0n) is 11.3. The molecule has 1 fully saturated rings. The van der Waals surface area contributed by atoms with Crippen molar-refractivity contribution in [1.29, 1.82) is 0 Å². The predicted octanol–water partition coefficient (Wildman–Crippen LogP) is 2.21. The van der Waals surface area contributed by atoms with Gasteiger partial charge in [-0.05, 0) is 50.3 Å². The predicted molar refractivity (Wildman–Crippen MR) is 71.2 cm³/mol. The van der Waals surface area contributed by atoms with Crippen LogP contribution in [0.5, 0.6) is 0 Å². The van der Waals surface area contributed by atoms with Crippen molar-refractivity contribution >= 4 is 5.91 Å². The zero-order chi connectivity index (χ0) is 14.0. The van der Waals surface area contributed by atoms with Gasteiger partial charge in [0.25, 0.3) is 0 Å². The van der Waals surface area contributed by atoms with Crippen molar-refractivity contribution < 1.29 is 14.3 Å². The van der Waals surface area contributed by atoms with E-state index in [1.54, 1.807) is 19.1 Å². The number of aliphatic hydroxyl groups is 1. The van der Waals surface area contributed by atoms with Crippen molar-refractivity contribution in [2.45, 2.75) is 38.1 Å². The number of nitrogens with one attached hydrogen (secondary N) is 1. The highest BCUT2D eigenvalue weighted by atomic mass is 19.1. The lowest BCUT2D eigenvalue weighted by molar-refractivity contribution is -0.124. The first kappa shape index (κ1) is 14.0. The molecule has 2 N–H and O–H groups in total. The smallest absolute Gasteiger partial charge is 0.227 e. The molecule has 2 rings (SSSR count). The van der Waals surface area contributed by atoms with Crippen LogP contribution in [-0.4, -0.2) is 23.2 Å². The molecule has 0 aliphatic heterocycles. The number of carbonyl (C=O) groups excluding carboxylic acids is 1. The molecule has 1 aromatic rings. The van der Waals surface area contributed by atoms with Crippen LogP contribution >= 0.6 is 0 Å². The molecule has 0 bridgehead atoms. The quantitative estimate of drug-likeness (QED) is 0.857. The van der Waals surface area contributed by atoms with E-state index in [4.69, 9.17) is 0 Å². The summed E-state index contributed by atoms with van der Waals surface area (Å²) in [6.45, 7) is 3.54. The Morgan fingerprint density at radius 1 is 1.58 bits per heavy atom. The highest BCUT2D eigenvalue weighted by molar-refractivity contribution is 5.84. The highest BCUT2D eigenvalue weighted by Crippen LogP contribution is 2.39. The van der Waals surface area contributed by atoms with Crippen LogP contribution in [0.25, 0.3) is 0 Å². The van der Waals surface area contributed by atoms with Crippen LogP contribution in [0.15, 0.2) is 24.3 Å². The Bertz CT molecular complexity index is 473. The summed E-state index contributed by atoms with van der Waals surface area (Å²) in [4.78, 5) is 12.2. The van der Waals surface area contributed by atoms with E-state index in [9.17, 15) is 14.3 Å². The van der Waals surface area contributed by atoms with E-state index >= 15 is 0 Å². The average Bonchev–Trinajstić information content (AvgIpc) is 3.22. The van der Waals surface area contributed by atoms with Gasteiger partial charge in [0.05, 0.1) is 18.1 Å². The van der Waals surface area contributed by atoms with Crippen LogP contribution in [0.4, 0.5) is 4.39 Å². The SMILES string of the molecule is CC(C(=O)NC(C)(CO)C1CC1)c1cccc(F)c1. The van der Waals surface area contributed by atoms with Gasteiger partial charge >= 0.3 is 0 Å². The van der Waals surface area contributed by atoms with E-state index in [1.807, 2.05) is 6.92 Å². The normalized spacial score (nSPS) is 19.6. The molecule has 19 heavy (non-hydrogen) atoms. The third-order valence-corrected chi connectivity index (χ3v) is 3.96. The summed E-state index contributed by atoms with van der Waals surface area (Å²) in [6, 6.07) is 6.06. The van der Waals surface area contributed by atoms with Crippen molar-refractivity contribution in [2.75, 3.05) is 6.61 Å². The van der Waals surface area contributed by atoms with Crippen molar-refractivity contribution in [3.8, 4) is 0 Å². The van der Waals surface area contributed by atoms with Gasteiger partial charge in [-0.3, -0.25) is 4.79 Å². The molecule has 104 valence electrons. The first-order chi connectivity index (χ1) is 8.96. The van der Waals surface area contributed by atoms with Gasteiger partial charge < -0.3 is 10.4 Å². The first-order valence-corrected chi connectivity index (χ1v) is 6.64. The topological polar surface area (TPSA) is 49.3 Å². The molecular weight excluding hydrogens is 245 g/mol. The molecule has 0 spiro atoms. The van der Waals surface area contributed by atoms with Crippen LogP contribution < -0.4 is 5.32 Å². The van der Waals surface area contributed by atoms with Gasteiger partial charge in [0.15, 0.2) is 0 Å². The van der Waals surface area contributed by atoms with Gasteiger partial charge in [-0.2, -0.15) is 0 Å². The van der Waals surface area contributed by atoms with E-state index in [0.717, 1.165) is 12.8 Å². The molecule has 1 amide bonds. The van der Waals surface area contributed by atoms with Crippen molar-refractivity contribution in [2.24, 2.45) is 5.92 Å². The van der Waals surface area contributed by atoms with E-state index < -0.39 is 11.5 Å². The number of hydrogen-bond donors (Lipinski definition) is 2. The minimum absolute atomic E-state index is 0.0702. The summed E-state index contributed by atoms with van der Waals surface area (Å²) >= 11 is 0. The van der Waals surface area contributed by atoms with E-state index in [2.05, 4.69) is 5.32 Å². The molecule has 2 unspecified atom stereocenters. The standard InChI is InChI=1S/C15H20FNO2/c1-10(11-4-3-5-13(16)8-11)14(19)17-15(2,9-18)12-6-7-12/h3-5,8,10,12,18H,6-7,9H2,1-2H3,(H,17,19). The summed E-state index contributed by atoms with van der Waals surface area (Å²) in [5.74, 6) is -0.597. The second kappa shape index (κ2) is 5.29. The van der Waals surface area contributed by atoms with Crippen LogP contribution in [0, 0.1) is 11.7 Å². The lowest BCUT2D eigenvalue weighted by Gasteiger charge is -2.30. The molecule has 0 saturated heterocycles. The fourth-order valence-electron chi connectivity index (χ4n) is 2.31. The molecule has 0 heterocycles. The summed E-state index contributed by atoms with van der Waals surface area (Å²) in [5.41, 5.74) is 0.0900. The Hall–Kier alpha value is -1.42. The molecule has 0 radical (unpaired) electrons. The number of benzene rings is 1. The Balaban J connectivity index is 2.07. The van der Waals surface area contributed by atoms with Crippen molar-refractivity contribution in [1.82, 2.24) is 5.32 Å². The van der Waals surface area contributed by atoms with E-state index in [0.29, 0.717) is 11.5 Å². The van der Waals surface area contributed by atoms with Gasteiger partial charge in [0.1, 0.15) is 5.82 Å². The number of aliphatic hydroxyl groups excluding tert-OH is 1. The second-order valence-corrected chi connectivity index (χ2v) is 5.62. The molecule has 1 aliphatic rings. The number of rotatable bonds is 5. The van der Waals surface area contributed by atoms with Gasteiger partial charge in [-0.15, -0.1) is 0 Å². The van der Waals surface area contributed by atoms with E-state index in [-0.39, 0.29) is 18.3 Å². The number of amides is 1. The summed E-state index contributed by atoms with van der Waals surface area (Å²) < 4.78 is 13.2. The van der Waals surface area contributed by atoms with E-state index in [1.165, 1.54) is 12.1 Å². The Morgan fingerprint density at radius 2 is 2.26 bits per heavy atom. The molecular formula is C15H20FNO2. The van der Waals surface area contributed by atoms with Crippen molar-refractivity contribution in [3.63, 3.8) is 0 Å². The third kappa shape index (κ3) is 3.13.